The van der Waals surface area contributed by atoms with Gasteiger partial charge in [-0.05, 0) is 40.2 Å². The normalized spacial score (nSPS) is 11.6. The van der Waals surface area contributed by atoms with Crippen LogP contribution in [0, 0.1) is 11.6 Å². The van der Waals surface area contributed by atoms with Crippen molar-refractivity contribution in [2.45, 2.75) is 6.18 Å². The standard InChI is InChI=1S/C13H4Br2ClF5O/c14-6-3-7(15)11(8(16)4-6)22-12-9(17)1-5(2-10(12)18)13(19,20)21/h1-4H. The Morgan fingerprint density at radius 2 is 1.45 bits per heavy atom. The summed E-state index contributed by atoms with van der Waals surface area (Å²) in [6.07, 6.45) is -4.87. The third kappa shape index (κ3) is 3.72. The van der Waals surface area contributed by atoms with Crippen molar-refractivity contribution in [3.63, 3.8) is 0 Å². The summed E-state index contributed by atoms with van der Waals surface area (Å²) in [5.74, 6) is -4.07. The number of halogens is 8. The maximum Gasteiger partial charge on any atom is 0.416 e. The molecule has 0 aliphatic heterocycles. The summed E-state index contributed by atoms with van der Waals surface area (Å²) < 4.78 is 70.7. The van der Waals surface area contributed by atoms with Crippen LogP contribution in [0.3, 0.4) is 0 Å². The lowest BCUT2D eigenvalue weighted by Gasteiger charge is -2.13. The van der Waals surface area contributed by atoms with Gasteiger partial charge in [0.25, 0.3) is 0 Å². The number of benzene rings is 2. The molecule has 0 atom stereocenters. The summed E-state index contributed by atoms with van der Waals surface area (Å²) in [4.78, 5) is 0. The lowest BCUT2D eigenvalue weighted by Crippen LogP contribution is -2.07. The molecule has 0 saturated carbocycles. The highest BCUT2D eigenvalue weighted by Crippen LogP contribution is 2.41. The zero-order chi connectivity index (χ0) is 16.7. The molecule has 0 unspecified atom stereocenters. The maximum absolute atomic E-state index is 13.7. The molecule has 0 fully saturated rings. The molecule has 118 valence electrons. The van der Waals surface area contributed by atoms with Crippen LogP contribution in [0.1, 0.15) is 5.56 Å². The molecule has 0 amide bonds. The Morgan fingerprint density at radius 1 is 0.909 bits per heavy atom. The summed E-state index contributed by atoms with van der Waals surface area (Å²) in [7, 11) is 0. The van der Waals surface area contributed by atoms with Gasteiger partial charge in [0.05, 0.1) is 15.1 Å². The first-order valence-electron chi connectivity index (χ1n) is 5.48. The summed E-state index contributed by atoms with van der Waals surface area (Å²) in [5, 5.41) is 0.0138. The molecule has 0 aromatic heterocycles. The van der Waals surface area contributed by atoms with Crippen LogP contribution >= 0.6 is 43.5 Å². The summed E-state index contributed by atoms with van der Waals surface area (Å²) in [6, 6.07) is 3.21. The van der Waals surface area contributed by atoms with E-state index in [1.807, 2.05) is 0 Å². The molecule has 0 heterocycles. The maximum atomic E-state index is 13.7. The average molecular weight is 466 g/mol. The Hall–Kier alpha value is -0.860. The lowest BCUT2D eigenvalue weighted by atomic mass is 10.2. The van der Waals surface area contributed by atoms with E-state index < -0.39 is 29.1 Å². The molecule has 0 spiro atoms. The molecule has 0 aliphatic rings. The molecule has 9 heteroatoms. The summed E-state index contributed by atoms with van der Waals surface area (Å²) in [6.45, 7) is 0. The van der Waals surface area contributed by atoms with E-state index in [1.54, 1.807) is 0 Å². The van der Waals surface area contributed by atoms with Crippen molar-refractivity contribution in [3.8, 4) is 11.5 Å². The fraction of sp³-hybridized carbons (Fsp3) is 0.0769. The minimum Gasteiger partial charge on any atom is -0.448 e. The van der Waals surface area contributed by atoms with Crippen LogP contribution in [0.15, 0.2) is 33.2 Å². The van der Waals surface area contributed by atoms with Crippen LogP contribution in [0.25, 0.3) is 0 Å². The van der Waals surface area contributed by atoms with Gasteiger partial charge in [0.15, 0.2) is 23.1 Å². The van der Waals surface area contributed by atoms with Crippen molar-refractivity contribution in [3.05, 3.63) is 55.4 Å². The van der Waals surface area contributed by atoms with Gasteiger partial charge in [-0.2, -0.15) is 13.2 Å². The van der Waals surface area contributed by atoms with Gasteiger partial charge < -0.3 is 4.74 Å². The molecule has 1 nitrogen and oxygen atoms in total. The second-order valence-corrected chi connectivity index (χ2v) is 6.24. The Balaban J connectivity index is 2.48. The van der Waals surface area contributed by atoms with E-state index in [4.69, 9.17) is 16.3 Å². The minimum atomic E-state index is -4.87. The lowest BCUT2D eigenvalue weighted by molar-refractivity contribution is -0.138. The smallest absolute Gasteiger partial charge is 0.416 e. The van der Waals surface area contributed by atoms with Crippen LogP contribution in [0.5, 0.6) is 11.5 Å². The van der Waals surface area contributed by atoms with E-state index >= 15 is 0 Å². The molecule has 0 bridgehead atoms. The van der Waals surface area contributed by atoms with Crippen molar-refractivity contribution >= 4 is 43.5 Å². The molecule has 22 heavy (non-hydrogen) atoms. The highest BCUT2D eigenvalue weighted by atomic mass is 79.9. The van der Waals surface area contributed by atoms with E-state index in [0.29, 0.717) is 4.47 Å². The van der Waals surface area contributed by atoms with Crippen molar-refractivity contribution in [1.82, 2.24) is 0 Å². The van der Waals surface area contributed by atoms with E-state index in [9.17, 15) is 22.0 Å². The third-order valence-electron chi connectivity index (χ3n) is 2.49. The Morgan fingerprint density at radius 3 is 1.91 bits per heavy atom. The fourth-order valence-electron chi connectivity index (χ4n) is 1.55. The Kier molecular flexibility index (Phi) is 5.03. The fourth-order valence-corrected chi connectivity index (χ4v) is 3.36. The monoisotopic (exact) mass is 464 g/mol. The average Bonchev–Trinajstić information content (AvgIpc) is 2.34. The van der Waals surface area contributed by atoms with Crippen molar-refractivity contribution in [1.29, 1.82) is 0 Å². The minimum absolute atomic E-state index is 0.0138. The van der Waals surface area contributed by atoms with Gasteiger partial charge in [-0.15, -0.1) is 0 Å². The molecule has 2 aromatic rings. The highest BCUT2D eigenvalue weighted by molar-refractivity contribution is 9.11. The van der Waals surface area contributed by atoms with Gasteiger partial charge in [0.1, 0.15) is 0 Å². The molecule has 2 aromatic carbocycles. The molecule has 0 N–H and O–H groups in total. The number of alkyl halides is 3. The van der Waals surface area contributed by atoms with E-state index in [2.05, 4.69) is 31.9 Å². The van der Waals surface area contributed by atoms with Crippen LogP contribution in [-0.4, -0.2) is 0 Å². The zero-order valence-electron chi connectivity index (χ0n) is 10.2. The number of hydrogen-bond donors (Lipinski definition) is 0. The van der Waals surface area contributed by atoms with Gasteiger partial charge in [0, 0.05) is 4.47 Å². The van der Waals surface area contributed by atoms with Crippen molar-refractivity contribution in [2.75, 3.05) is 0 Å². The quantitative estimate of drug-likeness (QED) is 0.435. The van der Waals surface area contributed by atoms with Crippen LogP contribution in [-0.2, 0) is 6.18 Å². The van der Waals surface area contributed by atoms with Crippen molar-refractivity contribution in [2.24, 2.45) is 0 Å². The van der Waals surface area contributed by atoms with Gasteiger partial charge in [-0.3, -0.25) is 0 Å². The second-order valence-electron chi connectivity index (χ2n) is 4.07. The summed E-state index contributed by atoms with van der Waals surface area (Å²) in [5.41, 5.74) is -1.45. The van der Waals surface area contributed by atoms with Gasteiger partial charge in [0.2, 0.25) is 0 Å². The number of ether oxygens (including phenoxy) is 1. The molecular formula is C13H4Br2ClF5O. The Labute approximate surface area is 143 Å². The highest BCUT2D eigenvalue weighted by Gasteiger charge is 2.33. The van der Waals surface area contributed by atoms with Gasteiger partial charge in [-0.25, -0.2) is 8.78 Å². The van der Waals surface area contributed by atoms with Crippen LogP contribution < -0.4 is 4.74 Å². The van der Waals surface area contributed by atoms with Crippen LogP contribution in [0.2, 0.25) is 5.02 Å². The predicted octanol–water partition coefficient (Wildman–Crippen LogP) is 6.95. The molecule has 0 saturated heterocycles. The van der Waals surface area contributed by atoms with Gasteiger partial charge in [-0.1, -0.05) is 27.5 Å². The first-order chi connectivity index (χ1) is 10.1. The SMILES string of the molecule is Fc1cc(C(F)(F)F)cc(F)c1Oc1c(Cl)cc(Br)cc1Br. The van der Waals surface area contributed by atoms with Crippen molar-refractivity contribution < 1.29 is 26.7 Å². The zero-order valence-corrected chi connectivity index (χ0v) is 14.2. The van der Waals surface area contributed by atoms with E-state index in [0.717, 1.165) is 0 Å². The first-order valence-corrected chi connectivity index (χ1v) is 7.44. The Bertz CT molecular complexity index is 687. The van der Waals surface area contributed by atoms with E-state index in [-0.39, 0.29) is 27.4 Å². The largest absolute Gasteiger partial charge is 0.448 e. The molecule has 2 rings (SSSR count). The second kappa shape index (κ2) is 6.33. The molecule has 0 radical (unpaired) electrons. The molecule has 0 aliphatic carbocycles. The topological polar surface area (TPSA) is 9.23 Å². The first kappa shape index (κ1) is 17.5. The number of rotatable bonds is 2. The molecular weight excluding hydrogens is 462 g/mol. The third-order valence-corrected chi connectivity index (χ3v) is 3.82. The summed E-state index contributed by atoms with van der Waals surface area (Å²) >= 11 is 12.1. The predicted molar refractivity (Wildman–Crippen MR) is 78.3 cm³/mol. The van der Waals surface area contributed by atoms with E-state index in [1.165, 1.54) is 12.1 Å². The van der Waals surface area contributed by atoms with Crippen LogP contribution in [0.4, 0.5) is 22.0 Å². The number of hydrogen-bond acceptors (Lipinski definition) is 1. The van der Waals surface area contributed by atoms with Gasteiger partial charge >= 0.3 is 6.18 Å².